The van der Waals surface area contributed by atoms with Gasteiger partial charge in [0, 0.05) is 52.0 Å². The maximum atomic E-state index is 14.5. The number of carboxylic acids is 1. The first kappa shape index (κ1) is 58.4. The number of carbonyl (C=O) groups is 2. The first-order chi connectivity index (χ1) is 39.9. The molecule has 10 rings (SSSR count). The fraction of sp³-hybridized carbons (Fsp3) is 0.434. The van der Waals surface area contributed by atoms with Crippen molar-refractivity contribution in [2.45, 2.75) is 206 Å². The van der Waals surface area contributed by atoms with Crippen LogP contribution in [-0.2, 0) is 21.0 Å². The second kappa shape index (κ2) is 25.4. The largest absolute Gasteiger partial charge is 0.506 e. The molecule has 0 fully saturated rings. The third-order valence-electron chi connectivity index (χ3n) is 19.4. The van der Waals surface area contributed by atoms with Gasteiger partial charge in [-0.3, -0.25) is 4.79 Å². The molecule has 0 unspecified atom stereocenters. The van der Waals surface area contributed by atoms with Crippen molar-refractivity contribution in [1.29, 1.82) is 0 Å². The van der Waals surface area contributed by atoms with E-state index in [4.69, 9.17) is 0 Å². The number of hydrogen-bond donors (Lipinski definition) is 2. The standard InChI is InChI=1S/C76H90N2O4/c1-8-13-18-26-44-75(45-27-19-14-9-2)63-32-24-22-30-58(63)60-41-39-56(50-65(60)75)78(57-40-42-61-59-31-23-25-33-64(59)76(66(61)51-57,46-28-20-15-10-3)47-29-21-16-11-4)55-37-34-53(35-38-55)70-71(79)62(72(70)80)52-69-74(6,7)67-49-54(73(81)82)36-43-68(67)77(69)48-17-12-5/h22-25,30-43,49-52H,8-21,26-29,44-48H2,1-7H3,(H-,79,80,81,82)/p+1. The molecule has 428 valence electrons. The highest BCUT2D eigenvalue weighted by Crippen LogP contribution is 2.58. The maximum Gasteiger partial charge on any atom is 0.335 e. The molecule has 0 saturated carbocycles. The highest BCUT2D eigenvalue weighted by molar-refractivity contribution is 6.40. The minimum atomic E-state index is -0.970. The topological polar surface area (TPSA) is 80.8 Å². The van der Waals surface area contributed by atoms with Crippen LogP contribution < -0.4 is 4.90 Å². The van der Waals surface area contributed by atoms with Gasteiger partial charge in [0.1, 0.15) is 12.3 Å². The summed E-state index contributed by atoms with van der Waals surface area (Å²) in [5, 5.41) is 21.9. The average Bonchev–Trinajstić information content (AvgIpc) is 3.57. The molecule has 1 aliphatic heterocycles. The molecule has 0 aromatic heterocycles. The normalized spacial score (nSPS) is 16.3. The summed E-state index contributed by atoms with van der Waals surface area (Å²) in [6, 6.07) is 46.9. The van der Waals surface area contributed by atoms with E-state index < -0.39 is 11.4 Å². The number of benzene rings is 6. The van der Waals surface area contributed by atoms with Crippen LogP contribution in [0.5, 0.6) is 0 Å². The van der Waals surface area contributed by atoms with Crippen LogP contribution in [0.2, 0.25) is 0 Å². The van der Waals surface area contributed by atoms with Crippen LogP contribution in [0.4, 0.5) is 22.7 Å². The van der Waals surface area contributed by atoms with Gasteiger partial charge in [0.05, 0.1) is 22.1 Å². The fourth-order valence-electron chi connectivity index (χ4n) is 14.9. The first-order valence-electron chi connectivity index (χ1n) is 32.0. The number of nitrogens with zero attached hydrogens (tertiary/aromatic N) is 2. The molecule has 0 atom stereocenters. The number of rotatable bonds is 29. The van der Waals surface area contributed by atoms with Gasteiger partial charge in [-0.2, -0.15) is 4.58 Å². The van der Waals surface area contributed by atoms with Crippen molar-refractivity contribution < 1.29 is 24.4 Å². The number of aliphatic hydroxyl groups excluding tert-OH is 1. The molecule has 2 N–H and O–H groups in total. The molecule has 0 bridgehead atoms. The Bertz CT molecular complexity index is 3250. The summed E-state index contributed by atoms with van der Waals surface area (Å²) in [7, 11) is 0. The van der Waals surface area contributed by atoms with E-state index in [1.165, 1.54) is 147 Å². The molecular weight excluding hydrogens is 1000 g/mol. The predicted octanol–water partition coefficient (Wildman–Crippen LogP) is 20.9. The molecule has 6 aromatic rings. The van der Waals surface area contributed by atoms with Crippen molar-refractivity contribution in [2.24, 2.45) is 0 Å². The van der Waals surface area contributed by atoms with Gasteiger partial charge in [-0.05, 0) is 138 Å². The summed E-state index contributed by atoms with van der Waals surface area (Å²) >= 11 is 0. The zero-order valence-electron chi connectivity index (χ0n) is 50.6. The third-order valence-corrected chi connectivity index (χ3v) is 19.4. The monoisotopic (exact) mass is 1100 g/mol. The van der Waals surface area contributed by atoms with Gasteiger partial charge in [-0.25, -0.2) is 4.79 Å². The Morgan fingerprint density at radius 3 is 1.40 bits per heavy atom. The number of aliphatic hydroxyl groups is 1. The number of carboxylic acid groups (broad SMARTS) is 1. The van der Waals surface area contributed by atoms with Gasteiger partial charge in [0.25, 0.3) is 0 Å². The molecule has 0 saturated heterocycles. The molecule has 0 amide bonds. The Labute approximate surface area is 491 Å². The van der Waals surface area contributed by atoms with E-state index in [1.807, 2.05) is 24.3 Å². The van der Waals surface area contributed by atoms with E-state index in [0.29, 0.717) is 17.7 Å². The van der Waals surface area contributed by atoms with Crippen LogP contribution in [0, 0.1) is 0 Å². The number of carbonyl (C=O) groups excluding carboxylic acids is 1. The highest BCUT2D eigenvalue weighted by atomic mass is 16.4. The zero-order chi connectivity index (χ0) is 57.6. The summed E-state index contributed by atoms with van der Waals surface area (Å²) < 4.78 is 2.21. The lowest BCUT2D eigenvalue weighted by Crippen LogP contribution is -2.31. The molecule has 3 aliphatic carbocycles. The van der Waals surface area contributed by atoms with Crippen LogP contribution in [0.15, 0.2) is 145 Å². The van der Waals surface area contributed by atoms with Crippen molar-refractivity contribution >= 4 is 45.8 Å². The van der Waals surface area contributed by atoms with Gasteiger partial charge < -0.3 is 15.1 Å². The van der Waals surface area contributed by atoms with Gasteiger partial charge in [-0.1, -0.05) is 217 Å². The van der Waals surface area contributed by atoms with Gasteiger partial charge in [0.15, 0.2) is 5.71 Å². The summed E-state index contributed by atoms with van der Waals surface area (Å²) in [4.78, 5) is 29.1. The molecular formula is C76H91N2O4+. The first-order valence-corrected chi connectivity index (χ1v) is 32.0. The Morgan fingerprint density at radius 2 is 0.951 bits per heavy atom. The minimum absolute atomic E-state index is 0.00432. The Kier molecular flexibility index (Phi) is 18.1. The van der Waals surface area contributed by atoms with E-state index in [1.54, 1.807) is 12.1 Å². The number of hydrogen-bond acceptors (Lipinski definition) is 4. The third kappa shape index (κ3) is 10.8. The van der Waals surface area contributed by atoms with Gasteiger partial charge in [-0.15, -0.1) is 0 Å². The lowest BCUT2D eigenvalue weighted by molar-refractivity contribution is -0.438. The van der Waals surface area contributed by atoms with Gasteiger partial charge >= 0.3 is 5.97 Å². The second-order valence-corrected chi connectivity index (χ2v) is 25.0. The van der Waals surface area contributed by atoms with E-state index in [9.17, 15) is 19.8 Å². The lowest BCUT2D eigenvalue weighted by Gasteiger charge is -2.35. The van der Waals surface area contributed by atoms with Crippen LogP contribution in [0.25, 0.3) is 27.8 Å². The molecule has 1 heterocycles. The molecule has 0 radical (unpaired) electrons. The smallest absolute Gasteiger partial charge is 0.335 e. The number of allylic oxidation sites excluding steroid dienone is 3. The molecule has 6 heteroatoms. The zero-order valence-corrected chi connectivity index (χ0v) is 50.6. The summed E-state index contributed by atoms with van der Waals surface area (Å²) in [6.45, 7) is 16.3. The summed E-state index contributed by atoms with van der Waals surface area (Å²) in [6.07, 6.45) is 27.9. The molecule has 4 aliphatic rings. The van der Waals surface area contributed by atoms with E-state index in [0.717, 1.165) is 72.5 Å². The SMILES string of the molecule is CCCCCCC1(CCCCCC)c2ccccc2-c2ccc(N(c3ccc(C4=C(O)C(=CC5=[N+](CCCC)c6ccc(C(=O)O)cc6C5(C)C)C4=O)cc3)c3ccc4c(c3)C(CCCCCC)(CCCCCC)c3ccccc3-4)cc21. The van der Waals surface area contributed by atoms with E-state index >= 15 is 0 Å². The minimum Gasteiger partial charge on any atom is -0.506 e. The van der Waals surface area contributed by atoms with Crippen molar-refractivity contribution in [1.82, 2.24) is 0 Å². The number of Topliss-reactive ketones (excluding diaryl/α,β-unsaturated/α-hetero) is 1. The lowest BCUT2D eigenvalue weighted by atomic mass is 9.70. The molecule has 6 aromatic carbocycles. The second-order valence-electron chi connectivity index (χ2n) is 25.0. The average molecular weight is 1100 g/mol. The molecule has 0 spiro atoms. The van der Waals surface area contributed by atoms with Gasteiger partial charge in [0.2, 0.25) is 11.5 Å². The number of fused-ring (bicyclic) bond motifs is 7. The maximum absolute atomic E-state index is 14.5. The van der Waals surface area contributed by atoms with E-state index in [2.05, 4.69) is 155 Å². The summed E-state index contributed by atoms with van der Waals surface area (Å²) in [5.41, 5.74) is 18.1. The van der Waals surface area contributed by atoms with Crippen LogP contribution >= 0.6 is 0 Å². The van der Waals surface area contributed by atoms with E-state index in [-0.39, 0.29) is 33.5 Å². The van der Waals surface area contributed by atoms with Crippen LogP contribution in [0.3, 0.4) is 0 Å². The summed E-state index contributed by atoms with van der Waals surface area (Å²) in [5.74, 6) is -1.17. The fourth-order valence-corrected chi connectivity index (χ4v) is 14.9. The van der Waals surface area contributed by atoms with Crippen LogP contribution in [-0.4, -0.2) is 38.8 Å². The molecule has 82 heavy (non-hydrogen) atoms. The van der Waals surface area contributed by atoms with Crippen LogP contribution in [0.1, 0.15) is 233 Å². The number of anilines is 3. The van der Waals surface area contributed by atoms with Crippen molar-refractivity contribution in [3.05, 3.63) is 184 Å². The van der Waals surface area contributed by atoms with Crippen molar-refractivity contribution in [2.75, 3.05) is 11.4 Å². The Balaban J connectivity index is 1.10. The van der Waals surface area contributed by atoms with Crippen molar-refractivity contribution in [3.8, 4) is 22.3 Å². The highest BCUT2D eigenvalue weighted by Gasteiger charge is 2.48. The Hall–Kier alpha value is -6.79. The molecule has 6 nitrogen and oxygen atoms in total. The quantitative estimate of drug-likeness (QED) is 0.0278. The number of unbranched alkanes of at least 4 members (excludes halogenated alkanes) is 13. The van der Waals surface area contributed by atoms with Crippen molar-refractivity contribution in [3.63, 3.8) is 0 Å². The predicted molar refractivity (Wildman–Crippen MR) is 342 cm³/mol. The number of aromatic carboxylic acids is 1. The number of ketones is 1. The Morgan fingerprint density at radius 1 is 0.500 bits per heavy atom.